The second-order valence-electron chi connectivity index (χ2n) is 8.72. The van der Waals surface area contributed by atoms with Gasteiger partial charge in [0.1, 0.15) is 17.2 Å². The van der Waals surface area contributed by atoms with Crippen molar-refractivity contribution in [3.63, 3.8) is 0 Å². The highest BCUT2D eigenvalue weighted by atomic mass is 16.4. The van der Waals surface area contributed by atoms with E-state index in [1.807, 2.05) is 44.2 Å². The molecule has 0 radical (unpaired) electrons. The number of rotatable bonds is 7. The van der Waals surface area contributed by atoms with E-state index in [2.05, 4.69) is 5.32 Å². The van der Waals surface area contributed by atoms with E-state index in [0.29, 0.717) is 28.5 Å². The van der Waals surface area contributed by atoms with Crippen molar-refractivity contribution in [1.82, 2.24) is 5.32 Å². The quantitative estimate of drug-likeness (QED) is 0.376. The van der Waals surface area contributed by atoms with Crippen molar-refractivity contribution in [2.24, 2.45) is 5.92 Å². The molecule has 2 N–H and O–H groups in total. The summed E-state index contributed by atoms with van der Waals surface area (Å²) in [5.41, 5.74) is 3.94. The molecule has 0 spiro atoms. The third-order valence-electron chi connectivity index (χ3n) is 6.50. The van der Waals surface area contributed by atoms with Crippen LogP contribution in [0.15, 0.2) is 56.3 Å². The minimum Gasteiger partial charge on any atom is -0.480 e. The fourth-order valence-corrected chi connectivity index (χ4v) is 4.39. The van der Waals surface area contributed by atoms with Gasteiger partial charge in [-0.2, -0.15) is 0 Å². The van der Waals surface area contributed by atoms with Crippen LogP contribution in [-0.4, -0.2) is 23.0 Å². The zero-order valence-corrected chi connectivity index (χ0v) is 19.6. The number of carbonyl (C=O) groups is 2. The number of aryl methyl sites for hydroxylation is 2. The summed E-state index contributed by atoms with van der Waals surface area (Å²) in [4.78, 5) is 37.1. The zero-order valence-electron chi connectivity index (χ0n) is 19.6. The molecule has 0 bridgehead atoms. The summed E-state index contributed by atoms with van der Waals surface area (Å²) in [7, 11) is 0. The van der Waals surface area contributed by atoms with Gasteiger partial charge in [-0.25, -0.2) is 9.59 Å². The lowest BCUT2D eigenvalue weighted by Gasteiger charge is -2.20. The van der Waals surface area contributed by atoms with Gasteiger partial charge in [-0.1, -0.05) is 50.6 Å². The summed E-state index contributed by atoms with van der Waals surface area (Å²) in [5.74, 6) is -1.90. The molecule has 4 rings (SSSR count). The molecular formula is C27H27NO6. The van der Waals surface area contributed by atoms with E-state index in [4.69, 9.17) is 8.83 Å². The first-order chi connectivity index (χ1) is 16.2. The van der Waals surface area contributed by atoms with Crippen LogP contribution in [0.5, 0.6) is 0 Å². The van der Waals surface area contributed by atoms with Gasteiger partial charge in [-0.3, -0.25) is 4.79 Å². The number of hydrogen-bond acceptors (Lipinski definition) is 5. The van der Waals surface area contributed by atoms with Crippen LogP contribution in [0, 0.1) is 19.8 Å². The molecule has 0 aliphatic rings. The van der Waals surface area contributed by atoms with E-state index in [1.54, 1.807) is 26.2 Å². The summed E-state index contributed by atoms with van der Waals surface area (Å²) in [6.07, 6.45) is 1.99. The van der Waals surface area contributed by atoms with Gasteiger partial charge < -0.3 is 19.3 Å². The molecule has 2 atom stereocenters. The lowest BCUT2D eigenvalue weighted by atomic mass is 9.96. The Kier molecular flexibility index (Phi) is 6.28. The molecule has 0 saturated carbocycles. The Morgan fingerprint density at radius 3 is 2.47 bits per heavy atom. The topological polar surface area (TPSA) is 110 Å². The largest absolute Gasteiger partial charge is 0.480 e. The average molecular weight is 462 g/mol. The summed E-state index contributed by atoms with van der Waals surface area (Å²) in [5, 5.41) is 13.6. The Bertz CT molecular complexity index is 1450. The first-order valence-corrected chi connectivity index (χ1v) is 11.3. The molecule has 2 unspecified atom stereocenters. The van der Waals surface area contributed by atoms with Gasteiger partial charge in [0.2, 0.25) is 5.91 Å². The highest BCUT2D eigenvalue weighted by molar-refractivity contribution is 6.11. The Morgan fingerprint density at radius 1 is 1.12 bits per heavy atom. The molecule has 2 aromatic heterocycles. The number of hydrogen-bond donors (Lipinski definition) is 2. The molecule has 176 valence electrons. The van der Waals surface area contributed by atoms with Crippen LogP contribution in [0.4, 0.5) is 0 Å². The number of carboxylic acid groups (broad SMARTS) is 1. The van der Waals surface area contributed by atoms with Crippen molar-refractivity contribution in [2.45, 2.75) is 46.6 Å². The zero-order chi connectivity index (χ0) is 24.6. The fraction of sp³-hybridized carbons (Fsp3) is 0.296. The van der Waals surface area contributed by atoms with Crippen LogP contribution < -0.4 is 10.9 Å². The number of aliphatic carboxylic acids is 1. The molecule has 0 aliphatic carbocycles. The number of benzene rings is 2. The number of carboxylic acids is 1. The van der Waals surface area contributed by atoms with E-state index < -0.39 is 23.5 Å². The van der Waals surface area contributed by atoms with Crippen LogP contribution in [0.3, 0.4) is 0 Å². The smallest absolute Gasteiger partial charge is 0.340 e. The van der Waals surface area contributed by atoms with Gasteiger partial charge in [-0.15, -0.1) is 0 Å². The van der Waals surface area contributed by atoms with Crippen molar-refractivity contribution in [2.75, 3.05) is 0 Å². The van der Waals surface area contributed by atoms with Gasteiger partial charge in [0.25, 0.3) is 0 Å². The number of amides is 1. The second-order valence-corrected chi connectivity index (χ2v) is 8.72. The highest BCUT2D eigenvalue weighted by Crippen LogP contribution is 2.38. The van der Waals surface area contributed by atoms with E-state index >= 15 is 0 Å². The van der Waals surface area contributed by atoms with Crippen LogP contribution in [-0.2, 0) is 16.0 Å². The van der Waals surface area contributed by atoms with Crippen molar-refractivity contribution in [3.05, 3.63) is 69.8 Å². The summed E-state index contributed by atoms with van der Waals surface area (Å²) < 4.78 is 11.6. The van der Waals surface area contributed by atoms with Gasteiger partial charge in [0.15, 0.2) is 0 Å². The van der Waals surface area contributed by atoms with Crippen molar-refractivity contribution >= 4 is 33.8 Å². The number of furan rings is 1. The Morgan fingerprint density at radius 2 is 1.82 bits per heavy atom. The van der Waals surface area contributed by atoms with Gasteiger partial charge >= 0.3 is 11.6 Å². The lowest BCUT2D eigenvalue weighted by molar-refractivity contribution is -0.143. The minimum absolute atomic E-state index is 0.182. The summed E-state index contributed by atoms with van der Waals surface area (Å²) in [6, 6.07) is 10.6. The third kappa shape index (κ3) is 4.09. The highest BCUT2D eigenvalue weighted by Gasteiger charge is 2.27. The molecule has 7 heteroatoms. The predicted octanol–water partition coefficient (Wildman–Crippen LogP) is 4.98. The normalized spacial score (nSPS) is 13.2. The molecule has 0 aliphatic heterocycles. The number of carbonyl (C=O) groups excluding carboxylic acids is 1. The van der Waals surface area contributed by atoms with Crippen LogP contribution in [0.1, 0.15) is 37.0 Å². The first kappa shape index (κ1) is 23.3. The van der Waals surface area contributed by atoms with Gasteiger partial charge in [0.05, 0.1) is 23.6 Å². The van der Waals surface area contributed by atoms with E-state index in [-0.39, 0.29) is 17.9 Å². The van der Waals surface area contributed by atoms with E-state index in [1.165, 1.54) is 0 Å². The summed E-state index contributed by atoms with van der Waals surface area (Å²) in [6.45, 7) is 7.30. The van der Waals surface area contributed by atoms with E-state index in [0.717, 1.165) is 22.1 Å². The predicted molar refractivity (Wildman–Crippen MR) is 130 cm³/mol. The van der Waals surface area contributed by atoms with Crippen molar-refractivity contribution < 1.29 is 23.5 Å². The van der Waals surface area contributed by atoms with Crippen molar-refractivity contribution in [1.29, 1.82) is 0 Å². The monoisotopic (exact) mass is 461 g/mol. The Balaban J connectivity index is 1.80. The molecule has 0 saturated heterocycles. The van der Waals surface area contributed by atoms with Crippen LogP contribution in [0.2, 0.25) is 0 Å². The second kappa shape index (κ2) is 9.17. The lowest BCUT2D eigenvalue weighted by Crippen LogP contribution is -2.45. The maximum Gasteiger partial charge on any atom is 0.340 e. The van der Waals surface area contributed by atoms with Crippen LogP contribution in [0.25, 0.3) is 33.1 Å². The molecule has 7 nitrogen and oxygen atoms in total. The number of nitrogens with one attached hydrogen (secondary N) is 1. The number of fused-ring (bicyclic) bond motifs is 3. The van der Waals surface area contributed by atoms with Gasteiger partial charge in [0, 0.05) is 10.9 Å². The molecule has 0 fully saturated rings. The maximum atomic E-state index is 12.8. The van der Waals surface area contributed by atoms with Crippen molar-refractivity contribution in [3.8, 4) is 11.1 Å². The van der Waals surface area contributed by atoms with Gasteiger partial charge in [-0.05, 0) is 42.5 Å². The molecule has 4 aromatic rings. The van der Waals surface area contributed by atoms with E-state index in [9.17, 15) is 19.5 Å². The Hall–Kier alpha value is -3.87. The summed E-state index contributed by atoms with van der Waals surface area (Å²) >= 11 is 0. The third-order valence-corrected chi connectivity index (χ3v) is 6.50. The average Bonchev–Trinajstić information content (AvgIpc) is 3.25. The molecule has 34 heavy (non-hydrogen) atoms. The molecular weight excluding hydrogens is 434 g/mol. The SMILES string of the molecule is CCC(C)C(NC(=O)Cc1c(C)c2c(cc(C)c3c(-c4ccccc4)coc32)oc1=O)C(=O)O. The molecule has 2 aromatic carbocycles. The molecule has 1 amide bonds. The van der Waals surface area contributed by atoms with Crippen LogP contribution >= 0.6 is 0 Å². The maximum absolute atomic E-state index is 12.8. The first-order valence-electron chi connectivity index (χ1n) is 11.3. The fourth-order valence-electron chi connectivity index (χ4n) is 4.39. The standard InChI is InChI=1S/C27H27NO6/c1-5-14(2)24(26(30)31)28-21(29)12-18-16(4)23-20(34-27(18)32)11-15(3)22-19(13-33-25(22)23)17-9-7-6-8-10-17/h6-11,13-14,24H,5,12H2,1-4H3,(H,28,29)(H,30,31). The Labute approximate surface area is 196 Å². The minimum atomic E-state index is -1.11. The molecule has 2 heterocycles.